The van der Waals surface area contributed by atoms with Crippen molar-refractivity contribution >= 4 is 40.9 Å². The van der Waals surface area contributed by atoms with E-state index in [1.165, 1.54) is 37.9 Å². The van der Waals surface area contributed by atoms with Crippen molar-refractivity contribution in [1.82, 2.24) is 10.2 Å². The lowest BCUT2D eigenvalue weighted by Gasteiger charge is -2.26. The normalized spacial score (nSPS) is 14.8. The maximum Gasteiger partial charge on any atom is 0.230 e. The first-order chi connectivity index (χ1) is 13.6. The Labute approximate surface area is 181 Å². The largest absolute Gasteiger partial charge is 0.351 e. The molecule has 6 heteroatoms. The summed E-state index contributed by atoms with van der Waals surface area (Å²) in [5, 5.41) is 4.12. The van der Waals surface area contributed by atoms with Crippen molar-refractivity contribution in [3.8, 4) is 0 Å². The zero-order chi connectivity index (χ0) is 19.8. The van der Waals surface area contributed by atoms with Crippen LogP contribution in [0.25, 0.3) is 0 Å². The molecule has 2 aromatic rings. The zero-order valence-electron chi connectivity index (χ0n) is 15.9. The quantitative estimate of drug-likeness (QED) is 0.590. The van der Waals surface area contributed by atoms with Gasteiger partial charge >= 0.3 is 0 Å². The van der Waals surface area contributed by atoms with Crippen molar-refractivity contribution in [3.05, 3.63) is 69.2 Å². The number of carbonyl (C=O) groups is 1. The molecule has 1 aliphatic rings. The molecule has 0 bridgehead atoms. The minimum Gasteiger partial charge on any atom is -0.351 e. The Kier molecular flexibility index (Phi) is 8.53. The molecule has 0 saturated carbocycles. The van der Waals surface area contributed by atoms with E-state index in [4.69, 9.17) is 23.2 Å². The number of piperidine rings is 1. The molecular weight excluding hydrogens is 411 g/mol. The number of nitrogens with zero attached hydrogens (tertiary/aromatic N) is 1. The number of nitrogens with one attached hydrogen (secondary N) is 1. The second-order valence-corrected chi connectivity index (χ2v) is 8.97. The molecule has 1 aliphatic heterocycles. The molecule has 0 radical (unpaired) electrons. The summed E-state index contributed by atoms with van der Waals surface area (Å²) in [6.45, 7) is 3.95. The van der Waals surface area contributed by atoms with Crippen molar-refractivity contribution in [2.45, 2.75) is 38.1 Å². The summed E-state index contributed by atoms with van der Waals surface area (Å²) >= 11 is 13.5. The van der Waals surface area contributed by atoms with Gasteiger partial charge in [-0.05, 0) is 54.8 Å². The van der Waals surface area contributed by atoms with Crippen LogP contribution in [-0.4, -0.2) is 29.6 Å². The van der Waals surface area contributed by atoms with E-state index in [1.54, 1.807) is 17.8 Å². The van der Waals surface area contributed by atoms with Gasteiger partial charge in [0.25, 0.3) is 0 Å². The minimum atomic E-state index is 0.0477. The topological polar surface area (TPSA) is 32.3 Å². The molecule has 0 atom stereocenters. The third-order valence-electron chi connectivity index (χ3n) is 4.82. The Morgan fingerprint density at radius 1 is 0.964 bits per heavy atom. The summed E-state index contributed by atoms with van der Waals surface area (Å²) in [6, 6.07) is 14.1. The highest BCUT2D eigenvalue weighted by Crippen LogP contribution is 2.24. The number of hydrogen-bond donors (Lipinski definition) is 1. The third kappa shape index (κ3) is 7.00. The molecule has 1 N–H and O–H groups in total. The number of rotatable bonds is 8. The van der Waals surface area contributed by atoms with Crippen LogP contribution in [0.1, 0.15) is 36.0 Å². The van der Waals surface area contributed by atoms with Crippen LogP contribution in [-0.2, 0) is 23.6 Å². The highest BCUT2D eigenvalue weighted by atomic mass is 35.5. The summed E-state index contributed by atoms with van der Waals surface area (Å²) in [4.78, 5) is 14.7. The zero-order valence-corrected chi connectivity index (χ0v) is 18.3. The van der Waals surface area contributed by atoms with E-state index in [1.807, 2.05) is 12.1 Å². The standard InChI is InChI=1S/C22H26Cl2N2OS/c23-20-8-7-19(12-21(20)24)15-28-16-22(27)25-13-17-5-4-6-18(11-17)14-26-9-2-1-3-10-26/h4-8,11-12H,1-3,9-10,13-16H2,(H,25,27). The van der Waals surface area contributed by atoms with Crippen molar-refractivity contribution in [1.29, 1.82) is 0 Å². The summed E-state index contributed by atoms with van der Waals surface area (Å²) in [6.07, 6.45) is 3.96. The van der Waals surface area contributed by atoms with E-state index in [0.717, 1.165) is 23.4 Å². The van der Waals surface area contributed by atoms with Crippen LogP contribution in [0.2, 0.25) is 10.0 Å². The molecule has 28 heavy (non-hydrogen) atoms. The van der Waals surface area contributed by atoms with Crippen molar-refractivity contribution in [2.75, 3.05) is 18.8 Å². The van der Waals surface area contributed by atoms with E-state index in [0.29, 0.717) is 22.3 Å². The van der Waals surface area contributed by atoms with E-state index < -0.39 is 0 Å². The number of amides is 1. The van der Waals surface area contributed by atoms with Gasteiger partial charge < -0.3 is 5.32 Å². The van der Waals surface area contributed by atoms with Gasteiger partial charge in [-0.3, -0.25) is 9.69 Å². The third-order valence-corrected chi connectivity index (χ3v) is 6.56. The van der Waals surface area contributed by atoms with E-state index >= 15 is 0 Å². The first-order valence-electron chi connectivity index (χ1n) is 9.69. The predicted octanol–water partition coefficient (Wildman–Crippen LogP) is 5.53. The predicted molar refractivity (Wildman–Crippen MR) is 120 cm³/mol. The maximum absolute atomic E-state index is 12.1. The van der Waals surface area contributed by atoms with Gasteiger partial charge in [0.05, 0.1) is 15.8 Å². The summed E-state index contributed by atoms with van der Waals surface area (Å²) in [5.41, 5.74) is 3.54. The van der Waals surface area contributed by atoms with E-state index in [9.17, 15) is 4.79 Å². The van der Waals surface area contributed by atoms with Crippen molar-refractivity contribution in [2.24, 2.45) is 0 Å². The minimum absolute atomic E-state index is 0.0477. The van der Waals surface area contributed by atoms with Crippen LogP contribution in [0.5, 0.6) is 0 Å². The van der Waals surface area contributed by atoms with Gasteiger partial charge in [-0.2, -0.15) is 0 Å². The number of carbonyl (C=O) groups excluding carboxylic acids is 1. The number of hydrogen-bond acceptors (Lipinski definition) is 3. The van der Waals surface area contributed by atoms with Crippen molar-refractivity contribution < 1.29 is 4.79 Å². The molecule has 1 fully saturated rings. The Bertz CT molecular complexity index is 794. The molecule has 150 valence electrons. The van der Waals surface area contributed by atoms with Crippen LogP contribution >= 0.6 is 35.0 Å². The molecule has 3 nitrogen and oxygen atoms in total. The highest BCUT2D eigenvalue weighted by molar-refractivity contribution is 7.99. The summed E-state index contributed by atoms with van der Waals surface area (Å²) < 4.78 is 0. The smallest absolute Gasteiger partial charge is 0.230 e. The first-order valence-corrected chi connectivity index (χ1v) is 11.6. The summed E-state index contributed by atoms with van der Waals surface area (Å²) in [5.74, 6) is 1.20. The van der Waals surface area contributed by atoms with Gasteiger partial charge in [0.15, 0.2) is 0 Å². The number of thioether (sulfide) groups is 1. The molecule has 1 saturated heterocycles. The first kappa shape index (κ1) is 21.5. The number of halogens is 2. The average molecular weight is 437 g/mol. The fourth-order valence-corrected chi connectivity index (χ4v) is 4.48. The lowest BCUT2D eigenvalue weighted by atomic mass is 10.1. The Hall–Kier alpha value is -1.20. The number of benzene rings is 2. The van der Waals surface area contributed by atoms with Gasteiger partial charge in [-0.15, -0.1) is 11.8 Å². The molecule has 0 unspecified atom stereocenters. The SMILES string of the molecule is O=C(CSCc1ccc(Cl)c(Cl)c1)NCc1cccc(CN2CCCCC2)c1. The summed E-state index contributed by atoms with van der Waals surface area (Å²) in [7, 11) is 0. The molecule has 0 aromatic heterocycles. The fraction of sp³-hybridized carbons (Fsp3) is 0.409. The monoisotopic (exact) mass is 436 g/mol. The van der Waals surface area contributed by atoms with Crippen LogP contribution in [0, 0.1) is 0 Å². The van der Waals surface area contributed by atoms with Crippen LogP contribution < -0.4 is 5.32 Å². The molecule has 0 aliphatic carbocycles. The van der Waals surface area contributed by atoms with Gasteiger partial charge in [-0.1, -0.05) is 60.0 Å². The Morgan fingerprint density at radius 2 is 1.75 bits per heavy atom. The Balaban J connectivity index is 1.40. The molecular formula is C22H26Cl2N2OS. The lowest BCUT2D eigenvalue weighted by molar-refractivity contribution is -0.118. The Morgan fingerprint density at radius 3 is 2.54 bits per heavy atom. The molecule has 2 aromatic carbocycles. The number of likely N-dealkylation sites (tertiary alicyclic amines) is 1. The van der Waals surface area contributed by atoms with Gasteiger partial charge in [0.1, 0.15) is 0 Å². The molecule has 3 rings (SSSR count). The van der Waals surface area contributed by atoms with Crippen LogP contribution in [0.3, 0.4) is 0 Å². The molecule has 0 spiro atoms. The second kappa shape index (κ2) is 11.1. The van der Waals surface area contributed by atoms with Crippen LogP contribution in [0.15, 0.2) is 42.5 Å². The molecule has 1 heterocycles. The second-order valence-electron chi connectivity index (χ2n) is 7.17. The van der Waals surface area contributed by atoms with Gasteiger partial charge in [0, 0.05) is 18.8 Å². The maximum atomic E-state index is 12.1. The fourth-order valence-electron chi connectivity index (χ4n) is 3.36. The average Bonchev–Trinajstić information content (AvgIpc) is 2.70. The van der Waals surface area contributed by atoms with Crippen LogP contribution in [0.4, 0.5) is 0 Å². The lowest BCUT2D eigenvalue weighted by Crippen LogP contribution is -2.29. The van der Waals surface area contributed by atoms with E-state index in [2.05, 4.69) is 34.5 Å². The van der Waals surface area contributed by atoms with Gasteiger partial charge in [-0.25, -0.2) is 0 Å². The highest BCUT2D eigenvalue weighted by Gasteiger charge is 2.10. The van der Waals surface area contributed by atoms with Gasteiger partial charge in [0.2, 0.25) is 5.91 Å². The van der Waals surface area contributed by atoms with Crippen molar-refractivity contribution in [3.63, 3.8) is 0 Å². The van der Waals surface area contributed by atoms with E-state index in [-0.39, 0.29) is 5.91 Å². The molecule has 1 amide bonds.